The molecule has 15 heavy (non-hydrogen) atoms. The topological polar surface area (TPSA) is 29.1 Å². The maximum absolute atomic E-state index is 11.5. The van der Waals surface area contributed by atoms with Crippen LogP contribution in [-0.2, 0) is 4.79 Å². The van der Waals surface area contributed by atoms with Gasteiger partial charge in [-0.2, -0.15) is 0 Å². The Hall–Kier alpha value is -0.100. The van der Waals surface area contributed by atoms with Crippen molar-refractivity contribution in [2.45, 2.75) is 19.3 Å². The highest BCUT2D eigenvalue weighted by atomic mass is 127. The number of amides is 1. The summed E-state index contributed by atoms with van der Waals surface area (Å²) in [5, 5.41) is 3.87. The summed E-state index contributed by atoms with van der Waals surface area (Å²) in [6.07, 6.45) is 2.57. The highest BCUT2D eigenvalue weighted by Gasteiger charge is 2.03. The zero-order valence-corrected chi connectivity index (χ0v) is 12.0. The van der Waals surface area contributed by atoms with Gasteiger partial charge in [0.2, 0.25) is 5.91 Å². The van der Waals surface area contributed by atoms with Crippen molar-refractivity contribution >= 4 is 50.1 Å². The van der Waals surface area contributed by atoms with E-state index in [0.717, 1.165) is 27.4 Å². The first-order chi connectivity index (χ1) is 7.24. The fourth-order valence-corrected chi connectivity index (χ4v) is 2.07. The van der Waals surface area contributed by atoms with Crippen molar-refractivity contribution in [3.63, 3.8) is 0 Å². The predicted molar refractivity (Wildman–Crippen MR) is 75.4 cm³/mol. The van der Waals surface area contributed by atoms with E-state index >= 15 is 0 Å². The minimum atomic E-state index is 0.0973. The van der Waals surface area contributed by atoms with Crippen LogP contribution < -0.4 is 5.32 Å². The molecule has 0 radical (unpaired) electrons. The van der Waals surface area contributed by atoms with Gasteiger partial charge >= 0.3 is 0 Å². The van der Waals surface area contributed by atoms with Crippen molar-refractivity contribution in [1.82, 2.24) is 0 Å². The standard InChI is InChI=1S/C11H13BrINO/c12-8-4-3-7-11(15)14-10-6-2-1-5-9(10)13/h1-2,5-6H,3-4,7-8H2,(H,14,15). The molecule has 1 N–H and O–H groups in total. The highest BCUT2D eigenvalue weighted by molar-refractivity contribution is 14.1. The van der Waals surface area contributed by atoms with Crippen LogP contribution in [0.2, 0.25) is 0 Å². The Morgan fingerprint density at radius 1 is 1.33 bits per heavy atom. The highest BCUT2D eigenvalue weighted by Crippen LogP contribution is 2.17. The fraction of sp³-hybridized carbons (Fsp3) is 0.364. The molecule has 0 aliphatic rings. The maximum Gasteiger partial charge on any atom is 0.224 e. The second-order valence-corrected chi connectivity index (χ2v) is 5.13. The summed E-state index contributed by atoms with van der Waals surface area (Å²) in [7, 11) is 0. The lowest BCUT2D eigenvalue weighted by Gasteiger charge is -2.06. The molecule has 0 spiro atoms. The third-order valence-corrected chi connectivity index (χ3v) is 3.44. The Morgan fingerprint density at radius 2 is 2.07 bits per heavy atom. The van der Waals surface area contributed by atoms with E-state index in [1.165, 1.54) is 0 Å². The number of hydrogen-bond donors (Lipinski definition) is 1. The molecule has 0 heterocycles. The van der Waals surface area contributed by atoms with Crippen LogP contribution in [0.25, 0.3) is 0 Å². The van der Waals surface area contributed by atoms with Crippen LogP contribution >= 0.6 is 38.5 Å². The first kappa shape index (κ1) is 13.0. The zero-order valence-electron chi connectivity index (χ0n) is 8.30. The number of rotatable bonds is 5. The molecule has 0 bridgehead atoms. The molecule has 0 unspecified atom stereocenters. The summed E-state index contributed by atoms with van der Waals surface area (Å²) in [5.74, 6) is 0.0973. The number of nitrogens with one attached hydrogen (secondary N) is 1. The van der Waals surface area contributed by atoms with Gasteiger partial charge < -0.3 is 5.32 Å². The monoisotopic (exact) mass is 381 g/mol. The van der Waals surface area contributed by atoms with E-state index in [9.17, 15) is 4.79 Å². The molecule has 82 valence electrons. The number of anilines is 1. The van der Waals surface area contributed by atoms with Gasteiger partial charge in [0, 0.05) is 15.3 Å². The van der Waals surface area contributed by atoms with Gasteiger partial charge in [0.1, 0.15) is 0 Å². The first-order valence-electron chi connectivity index (χ1n) is 4.84. The van der Waals surface area contributed by atoms with Gasteiger partial charge in [0.25, 0.3) is 0 Å². The molecule has 0 aliphatic carbocycles. The first-order valence-corrected chi connectivity index (χ1v) is 7.04. The predicted octanol–water partition coefficient (Wildman–Crippen LogP) is 3.79. The van der Waals surface area contributed by atoms with Crippen molar-refractivity contribution in [2.75, 3.05) is 10.6 Å². The zero-order chi connectivity index (χ0) is 11.1. The lowest BCUT2D eigenvalue weighted by atomic mass is 10.2. The van der Waals surface area contributed by atoms with Crippen LogP contribution in [0, 0.1) is 3.57 Å². The van der Waals surface area contributed by atoms with Crippen LogP contribution in [0.4, 0.5) is 5.69 Å². The largest absolute Gasteiger partial charge is 0.325 e. The van der Waals surface area contributed by atoms with E-state index in [1.807, 2.05) is 24.3 Å². The van der Waals surface area contributed by atoms with Crippen molar-refractivity contribution in [1.29, 1.82) is 0 Å². The number of hydrogen-bond acceptors (Lipinski definition) is 1. The number of benzene rings is 1. The average Bonchev–Trinajstić information content (AvgIpc) is 2.22. The third-order valence-electron chi connectivity index (χ3n) is 1.94. The Bertz CT molecular complexity index is 330. The Labute approximate surface area is 112 Å². The van der Waals surface area contributed by atoms with E-state index in [2.05, 4.69) is 43.8 Å². The van der Waals surface area contributed by atoms with Crippen LogP contribution in [0.15, 0.2) is 24.3 Å². The van der Waals surface area contributed by atoms with E-state index in [1.54, 1.807) is 0 Å². The van der Waals surface area contributed by atoms with Crippen molar-refractivity contribution in [3.05, 3.63) is 27.8 Å². The molecule has 1 amide bonds. The van der Waals surface area contributed by atoms with Crippen LogP contribution in [0.5, 0.6) is 0 Å². The molecule has 1 aromatic carbocycles. The van der Waals surface area contributed by atoms with Gasteiger partial charge in [-0.05, 0) is 47.6 Å². The lowest BCUT2D eigenvalue weighted by molar-refractivity contribution is -0.116. The Kier molecular flexibility index (Phi) is 6.24. The minimum absolute atomic E-state index is 0.0973. The molecule has 2 nitrogen and oxygen atoms in total. The second-order valence-electron chi connectivity index (χ2n) is 3.17. The van der Waals surface area contributed by atoms with E-state index in [-0.39, 0.29) is 5.91 Å². The smallest absolute Gasteiger partial charge is 0.224 e. The molecular formula is C11H13BrINO. The summed E-state index contributed by atoms with van der Waals surface area (Å²) in [6, 6.07) is 7.79. The molecule has 0 atom stereocenters. The van der Waals surface area contributed by atoms with Crippen LogP contribution in [0.1, 0.15) is 19.3 Å². The molecule has 0 aliphatic heterocycles. The summed E-state index contributed by atoms with van der Waals surface area (Å²) in [5.41, 5.74) is 0.905. The lowest BCUT2D eigenvalue weighted by Crippen LogP contribution is -2.11. The number of unbranched alkanes of at least 4 members (excludes halogenated alkanes) is 1. The summed E-state index contributed by atoms with van der Waals surface area (Å²) < 4.78 is 1.07. The number of carbonyl (C=O) groups excluding carboxylic acids is 1. The fourth-order valence-electron chi connectivity index (χ4n) is 1.16. The molecule has 0 aromatic heterocycles. The second kappa shape index (κ2) is 7.22. The molecular weight excluding hydrogens is 369 g/mol. The van der Waals surface area contributed by atoms with E-state index < -0.39 is 0 Å². The van der Waals surface area contributed by atoms with Crippen molar-refractivity contribution in [2.24, 2.45) is 0 Å². The number of carbonyl (C=O) groups is 1. The van der Waals surface area contributed by atoms with Crippen LogP contribution in [-0.4, -0.2) is 11.2 Å². The van der Waals surface area contributed by atoms with Gasteiger partial charge in [-0.15, -0.1) is 0 Å². The van der Waals surface area contributed by atoms with Crippen molar-refractivity contribution < 1.29 is 4.79 Å². The summed E-state index contributed by atoms with van der Waals surface area (Å²) >= 11 is 5.56. The Balaban J connectivity index is 2.41. The number of halogens is 2. The summed E-state index contributed by atoms with van der Waals surface area (Å²) in [4.78, 5) is 11.5. The van der Waals surface area contributed by atoms with Gasteiger partial charge in [0.15, 0.2) is 0 Å². The maximum atomic E-state index is 11.5. The average molecular weight is 382 g/mol. The normalized spacial score (nSPS) is 10.0. The minimum Gasteiger partial charge on any atom is -0.325 e. The van der Waals surface area contributed by atoms with E-state index in [4.69, 9.17) is 0 Å². The quantitative estimate of drug-likeness (QED) is 0.469. The van der Waals surface area contributed by atoms with Gasteiger partial charge in [-0.1, -0.05) is 28.1 Å². The number of alkyl halides is 1. The van der Waals surface area contributed by atoms with Crippen molar-refractivity contribution in [3.8, 4) is 0 Å². The molecule has 4 heteroatoms. The molecule has 1 rings (SSSR count). The summed E-state index contributed by atoms with van der Waals surface area (Å²) in [6.45, 7) is 0. The molecule has 0 saturated carbocycles. The Morgan fingerprint density at radius 3 is 2.73 bits per heavy atom. The van der Waals surface area contributed by atoms with Gasteiger partial charge in [-0.3, -0.25) is 4.79 Å². The van der Waals surface area contributed by atoms with Gasteiger partial charge in [-0.25, -0.2) is 0 Å². The third kappa shape index (κ3) is 4.97. The molecule has 0 saturated heterocycles. The van der Waals surface area contributed by atoms with Crippen LogP contribution in [0.3, 0.4) is 0 Å². The SMILES string of the molecule is O=C(CCCCBr)Nc1ccccc1I. The van der Waals surface area contributed by atoms with E-state index in [0.29, 0.717) is 6.42 Å². The van der Waals surface area contributed by atoms with Gasteiger partial charge in [0.05, 0.1) is 5.69 Å². The number of para-hydroxylation sites is 1. The molecule has 0 fully saturated rings. The molecule has 1 aromatic rings.